The average molecular weight is 535 g/mol. The van der Waals surface area contributed by atoms with E-state index in [1.165, 1.54) is 6.07 Å². The fourth-order valence-electron chi connectivity index (χ4n) is 4.37. The number of hydrogen-bond acceptors (Lipinski definition) is 4. The van der Waals surface area contributed by atoms with Gasteiger partial charge in [0.25, 0.3) is 5.91 Å². The fraction of sp³-hybridized carbons (Fsp3) is 0.269. The van der Waals surface area contributed by atoms with Crippen molar-refractivity contribution in [1.82, 2.24) is 0 Å². The number of carbonyl (C=O) groups excluding carboxylic acids is 1. The molecule has 3 aromatic rings. The molecule has 0 bridgehead atoms. The molecule has 196 valence electrons. The maximum Gasteiger partial charge on any atom is 0.364 e. The molecular formula is C26H25F3N2O5S. The Morgan fingerprint density at radius 1 is 1.00 bits per heavy atom. The zero-order valence-electron chi connectivity index (χ0n) is 19.6. The molecular weight excluding hydrogens is 509 g/mol. The van der Waals surface area contributed by atoms with Crippen LogP contribution in [0.25, 0.3) is 0 Å². The van der Waals surface area contributed by atoms with Gasteiger partial charge in [0, 0.05) is 24.1 Å². The summed E-state index contributed by atoms with van der Waals surface area (Å²) in [5.41, 5.74) is 0.863. The second-order valence-corrected chi connectivity index (χ2v) is 10.3. The molecule has 0 unspecified atom stereocenters. The van der Waals surface area contributed by atoms with Gasteiger partial charge in [0.15, 0.2) is 0 Å². The molecule has 11 heteroatoms. The Hall–Kier alpha value is -3.57. The Balaban J connectivity index is 1.49. The second-order valence-electron chi connectivity index (χ2n) is 9.08. The normalized spacial score (nSPS) is 15.8. The van der Waals surface area contributed by atoms with E-state index in [0.717, 1.165) is 42.0 Å². The van der Waals surface area contributed by atoms with E-state index in [4.69, 9.17) is 0 Å². The molecule has 1 saturated carbocycles. The Labute approximate surface area is 212 Å². The molecule has 37 heavy (non-hydrogen) atoms. The number of nitrogens with zero attached hydrogens (tertiary/aromatic N) is 1. The molecule has 0 aromatic heterocycles. The number of carbonyl (C=O) groups is 1. The van der Waals surface area contributed by atoms with Crippen molar-refractivity contribution < 1.29 is 36.0 Å². The number of aromatic hydroxyl groups is 1. The number of halogens is 3. The van der Waals surface area contributed by atoms with E-state index in [0.29, 0.717) is 29.1 Å². The third kappa shape index (κ3) is 6.60. The standard InChI is InChI=1S/C26H25F3N2O5S/c27-20-5-8-22(9-6-20)31(37(34,35)36)23-16-21(7-10-24(23)32)30-25(33)19-3-1-17(2-4-19)15-18-11-13-26(28,29)14-12-18/h1-10,16,18,32H,11-15H2,(H,30,33)(H,34,35,36). The quantitative estimate of drug-likeness (QED) is 0.251. The predicted molar refractivity (Wildman–Crippen MR) is 133 cm³/mol. The number of phenols is 1. The predicted octanol–water partition coefficient (Wildman–Crippen LogP) is 6.09. The highest BCUT2D eigenvalue weighted by Crippen LogP contribution is 2.38. The van der Waals surface area contributed by atoms with Crippen molar-refractivity contribution in [3.8, 4) is 5.75 Å². The maximum absolute atomic E-state index is 13.4. The van der Waals surface area contributed by atoms with Gasteiger partial charge in [-0.2, -0.15) is 8.42 Å². The second kappa shape index (κ2) is 10.4. The summed E-state index contributed by atoms with van der Waals surface area (Å²) in [6, 6.07) is 14.6. The molecule has 0 aliphatic heterocycles. The van der Waals surface area contributed by atoms with Crippen molar-refractivity contribution in [3.63, 3.8) is 0 Å². The number of benzene rings is 3. The monoisotopic (exact) mass is 534 g/mol. The first-order chi connectivity index (χ1) is 17.4. The third-order valence-electron chi connectivity index (χ3n) is 6.32. The summed E-state index contributed by atoms with van der Waals surface area (Å²) in [7, 11) is -4.93. The summed E-state index contributed by atoms with van der Waals surface area (Å²) in [6.07, 6.45) is 1.34. The number of rotatable bonds is 7. The van der Waals surface area contributed by atoms with Crippen LogP contribution >= 0.6 is 0 Å². The van der Waals surface area contributed by atoms with Crippen molar-refractivity contribution in [2.45, 2.75) is 38.0 Å². The molecule has 1 amide bonds. The van der Waals surface area contributed by atoms with Gasteiger partial charge in [-0.1, -0.05) is 12.1 Å². The van der Waals surface area contributed by atoms with Crippen LogP contribution in [0, 0.1) is 11.7 Å². The minimum absolute atomic E-state index is 0.108. The van der Waals surface area contributed by atoms with E-state index in [2.05, 4.69) is 5.32 Å². The van der Waals surface area contributed by atoms with Crippen LogP contribution in [0.4, 0.5) is 30.2 Å². The highest BCUT2D eigenvalue weighted by molar-refractivity contribution is 7.87. The first-order valence-corrected chi connectivity index (χ1v) is 13.0. The lowest BCUT2D eigenvalue weighted by atomic mass is 9.83. The molecule has 0 atom stereocenters. The van der Waals surface area contributed by atoms with E-state index in [9.17, 15) is 36.0 Å². The van der Waals surface area contributed by atoms with Crippen LogP contribution in [0.15, 0.2) is 66.7 Å². The first-order valence-electron chi connectivity index (χ1n) is 11.6. The van der Waals surface area contributed by atoms with Crippen LogP contribution < -0.4 is 9.62 Å². The first kappa shape index (κ1) is 26.5. The molecule has 1 aliphatic carbocycles. The lowest BCUT2D eigenvalue weighted by molar-refractivity contribution is -0.0456. The zero-order chi connectivity index (χ0) is 26.8. The van der Waals surface area contributed by atoms with E-state index in [1.807, 2.05) is 0 Å². The number of amides is 1. The van der Waals surface area contributed by atoms with Crippen LogP contribution in [0.3, 0.4) is 0 Å². The Bertz CT molecular complexity index is 1370. The minimum atomic E-state index is -4.93. The molecule has 0 radical (unpaired) electrons. The highest BCUT2D eigenvalue weighted by atomic mass is 32.2. The van der Waals surface area contributed by atoms with Gasteiger partial charge in [0.2, 0.25) is 5.92 Å². The Kier molecular flexibility index (Phi) is 7.47. The number of alkyl halides is 2. The van der Waals surface area contributed by atoms with Crippen molar-refractivity contribution in [2.24, 2.45) is 5.92 Å². The smallest absolute Gasteiger partial charge is 0.364 e. The van der Waals surface area contributed by atoms with Crippen molar-refractivity contribution in [1.29, 1.82) is 0 Å². The topological polar surface area (TPSA) is 107 Å². The van der Waals surface area contributed by atoms with Gasteiger partial charge in [0.1, 0.15) is 17.3 Å². The Morgan fingerprint density at radius 3 is 2.22 bits per heavy atom. The van der Waals surface area contributed by atoms with Crippen LogP contribution in [-0.4, -0.2) is 29.9 Å². The Morgan fingerprint density at radius 2 is 1.62 bits per heavy atom. The summed E-state index contributed by atoms with van der Waals surface area (Å²) in [5, 5.41) is 12.9. The lowest BCUT2D eigenvalue weighted by Gasteiger charge is -2.28. The van der Waals surface area contributed by atoms with Gasteiger partial charge in [-0.3, -0.25) is 9.35 Å². The van der Waals surface area contributed by atoms with E-state index in [1.54, 1.807) is 24.3 Å². The van der Waals surface area contributed by atoms with E-state index in [-0.39, 0.29) is 35.8 Å². The van der Waals surface area contributed by atoms with Crippen LogP contribution in [0.5, 0.6) is 5.75 Å². The van der Waals surface area contributed by atoms with E-state index < -0.39 is 33.7 Å². The molecule has 3 aromatic carbocycles. The van der Waals surface area contributed by atoms with Crippen molar-refractivity contribution >= 4 is 33.3 Å². The van der Waals surface area contributed by atoms with Crippen molar-refractivity contribution in [2.75, 3.05) is 9.62 Å². The lowest BCUT2D eigenvalue weighted by Crippen LogP contribution is -2.25. The largest absolute Gasteiger partial charge is 0.506 e. The molecule has 0 heterocycles. The minimum Gasteiger partial charge on any atom is -0.506 e. The van der Waals surface area contributed by atoms with Gasteiger partial charge < -0.3 is 10.4 Å². The number of hydrogen-bond donors (Lipinski definition) is 3. The third-order valence-corrected chi connectivity index (χ3v) is 7.19. The molecule has 3 N–H and O–H groups in total. The molecule has 0 spiro atoms. The summed E-state index contributed by atoms with van der Waals surface area (Å²) in [4.78, 5) is 12.8. The summed E-state index contributed by atoms with van der Waals surface area (Å²) >= 11 is 0. The van der Waals surface area contributed by atoms with E-state index >= 15 is 0 Å². The number of phenolic OH excluding ortho intramolecular Hbond substituents is 1. The van der Waals surface area contributed by atoms with Gasteiger partial charge in [0.05, 0.1) is 5.69 Å². The summed E-state index contributed by atoms with van der Waals surface area (Å²) in [5.74, 6) is -4.06. The molecule has 1 fully saturated rings. The fourth-order valence-corrected chi connectivity index (χ4v) is 5.15. The van der Waals surface area contributed by atoms with Gasteiger partial charge in [-0.15, -0.1) is 0 Å². The average Bonchev–Trinajstić information content (AvgIpc) is 2.83. The SMILES string of the molecule is O=C(Nc1ccc(O)c(N(c2ccc(F)cc2)S(=O)(=O)O)c1)c1ccc(CC2CCC(F)(F)CC2)cc1. The summed E-state index contributed by atoms with van der Waals surface area (Å²) < 4.78 is 74.4. The molecule has 0 saturated heterocycles. The molecule has 1 aliphatic rings. The molecule has 7 nitrogen and oxygen atoms in total. The van der Waals surface area contributed by atoms with Gasteiger partial charge in [-0.05, 0) is 85.3 Å². The number of nitrogens with one attached hydrogen (secondary N) is 1. The maximum atomic E-state index is 13.4. The van der Waals surface area contributed by atoms with Crippen LogP contribution in [0.2, 0.25) is 0 Å². The van der Waals surface area contributed by atoms with Crippen LogP contribution in [-0.2, 0) is 16.7 Å². The van der Waals surface area contributed by atoms with Gasteiger partial charge >= 0.3 is 10.3 Å². The highest BCUT2D eigenvalue weighted by Gasteiger charge is 2.34. The summed E-state index contributed by atoms with van der Waals surface area (Å²) in [6.45, 7) is 0. The van der Waals surface area contributed by atoms with Crippen LogP contribution in [0.1, 0.15) is 41.6 Å². The zero-order valence-corrected chi connectivity index (χ0v) is 20.4. The van der Waals surface area contributed by atoms with Crippen molar-refractivity contribution in [3.05, 3.63) is 83.7 Å². The van der Waals surface area contributed by atoms with Gasteiger partial charge in [-0.25, -0.2) is 17.5 Å². The number of anilines is 3. The molecule has 4 rings (SSSR count).